The molecule has 108 valence electrons. The Bertz CT molecular complexity index is 742. The lowest BCUT2D eigenvalue weighted by Crippen LogP contribution is -2.29. The molecule has 0 aromatic carbocycles. The van der Waals surface area contributed by atoms with Crippen LogP contribution < -0.4 is 11.2 Å². The fourth-order valence-corrected chi connectivity index (χ4v) is 2.89. The number of hydrogen-bond acceptors (Lipinski definition) is 4. The molecule has 3 rings (SSSR count). The van der Waals surface area contributed by atoms with Crippen molar-refractivity contribution in [1.29, 1.82) is 0 Å². The summed E-state index contributed by atoms with van der Waals surface area (Å²) in [6.45, 7) is 5.09. The SMILES string of the molecule is CCC1OCCC1c1nc2c([nH]1)c(=O)[nH]c(=O)n2CC. The number of imidazole rings is 1. The van der Waals surface area contributed by atoms with Crippen molar-refractivity contribution in [3.05, 3.63) is 26.7 Å². The van der Waals surface area contributed by atoms with Crippen molar-refractivity contribution in [3.63, 3.8) is 0 Å². The molecule has 2 N–H and O–H groups in total. The van der Waals surface area contributed by atoms with E-state index >= 15 is 0 Å². The molecule has 1 aliphatic heterocycles. The number of aromatic amines is 2. The quantitative estimate of drug-likeness (QED) is 0.865. The monoisotopic (exact) mass is 278 g/mol. The van der Waals surface area contributed by atoms with Crippen LogP contribution in [0.15, 0.2) is 9.59 Å². The minimum atomic E-state index is -0.419. The van der Waals surface area contributed by atoms with Gasteiger partial charge in [0.15, 0.2) is 5.65 Å². The molecular weight excluding hydrogens is 260 g/mol. The van der Waals surface area contributed by atoms with Crippen LogP contribution in [-0.4, -0.2) is 32.2 Å². The van der Waals surface area contributed by atoms with Crippen molar-refractivity contribution in [1.82, 2.24) is 19.5 Å². The third-order valence-electron chi connectivity index (χ3n) is 3.93. The number of hydrogen-bond donors (Lipinski definition) is 2. The van der Waals surface area contributed by atoms with Gasteiger partial charge in [-0.2, -0.15) is 0 Å². The predicted molar refractivity (Wildman–Crippen MR) is 74.0 cm³/mol. The van der Waals surface area contributed by atoms with Crippen molar-refractivity contribution >= 4 is 11.2 Å². The first-order chi connectivity index (χ1) is 9.65. The Hall–Kier alpha value is -1.89. The zero-order valence-electron chi connectivity index (χ0n) is 11.6. The lowest BCUT2D eigenvalue weighted by Gasteiger charge is -2.13. The Morgan fingerprint density at radius 2 is 2.15 bits per heavy atom. The Labute approximate surface area is 115 Å². The molecule has 0 radical (unpaired) electrons. The average molecular weight is 278 g/mol. The van der Waals surface area contributed by atoms with Gasteiger partial charge in [0.1, 0.15) is 11.3 Å². The number of aromatic nitrogens is 4. The van der Waals surface area contributed by atoms with Gasteiger partial charge >= 0.3 is 5.69 Å². The summed E-state index contributed by atoms with van der Waals surface area (Å²) in [5.41, 5.74) is -0.0422. The van der Waals surface area contributed by atoms with Crippen LogP contribution in [0.4, 0.5) is 0 Å². The minimum absolute atomic E-state index is 0.122. The molecule has 2 aromatic heterocycles. The Kier molecular flexibility index (Phi) is 3.21. The van der Waals surface area contributed by atoms with Crippen molar-refractivity contribution in [2.45, 2.75) is 45.3 Å². The summed E-state index contributed by atoms with van der Waals surface area (Å²) in [4.78, 5) is 33.5. The summed E-state index contributed by atoms with van der Waals surface area (Å²) in [6.07, 6.45) is 1.90. The molecule has 0 amide bonds. The van der Waals surface area contributed by atoms with E-state index in [1.165, 1.54) is 4.57 Å². The van der Waals surface area contributed by atoms with E-state index in [-0.39, 0.29) is 12.0 Å². The molecular formula is C13H18N4O3. The van der Waals surface area contributed by atoms with E-state index in [1.54, 1.807) is 0 Å². The summed E-state index contributed by atoms with van der Waals surface area (Å²) in [6, 6.07) is 0. The van der Waals surface area contributed by atoms with Crippen molar-refractivity contribution in [2.75, 3.05) is 6.61 Å². The Balaban J connectivity index is 2.18. The predicted octanol–water partition coefficient (Wildman–Crippen LogP) is 0.715. The maximum atomic E-state index is 11.9. The standard InChI is InChI=1S/C13H18N4O3/c1-3-8-7(5-6-20-8)10-14-9-11(15-10)17(4-2)13(19)16-12(9)18/h7-8H,3-6H2,1-2H3,(H,14,15)(H,16,18,19). The van der Waals surface area contributed by atoms with Gasteiger partial charge in [0, 0.05) is 19.1 Å². The second-order valence-electron chi connectivity index (χ2n) is 5.04. The van der Waals surface area contributed by atoms with E-state index < -0.39 is 11.2 Å². The third kappa shape index (κ3) is 1.89. The number of H-pyrrole nitrogens is 2. The van der Waals surface area contributed by atoms with Crippen LogP contribution in [-0.2, 0) is 11.3 Å². The third-order valence-corrected chi connectivity index (χ3v) is 3.93. The molecule has 1 aliphatic rings. The number of rotatable bonds is 3. The first kappa shape index (κ1) is 13.1. The normalized spacial score (nSPS) is 22.7. The van der Waals surface area contributed by atoms with Crippen molar-refractivity contribution < 1.29 is 4.74 Å². The van der Waals surface area contributed by atoms with E-state index in [4.69, 9.17) is 4.74 Å². The van der Waals surface area contributed by atoms with Crippen molar-refractivity contribution in [3.8, 4) is 0 Å². The average Bonchev–Trinajstić information content (AvgIpc) is 3.04. The molecule has 7 nitrogen and oxygen atoms in total. The largest absolute Gasteiger partial charge is 0.377 e. The molecule has 1 saturated heterocycles. The van der Waals surface area contributed by atoms with Gasteiger partial charge in [0.2, 0.25) is 0 Å². The van der Waals surface area contributed by atoms with Gasteiger partial charge in [-0.3, -0.25) is 14.3 Å². The zero-order chi connectivity index (χ0) is 14.3. The smallest absolute Gasteiger partial charge is 0.330 e. The Morgan fingerprint density at radius 3 is 2.85 bits per heavy atom. The van der Waals surface area contributed by atoms with Crippen LogP contribution in [0.3, 0.4) is 0 Å². The summed E-state index contributed by atoms with van der Waals surface area (Å²) in [5.74, 6) is 0.898. The Morgan fingerprint density at radius 1 is 1.35 bits per heavy atom. The fraction of sp³-hybridized carbons (Fsp3) is 0.615. The second kappa shape index (κ2) is 4.90. The van der Waals surface area contributed by atoms with Gasteiger partial charge in [-0.05, 0) is 19.8 Å². The summed E-state index contributed by atoms with van der Waals surface area (Å²) >= 11 is 0. The molecule has 3 heterocycles. The van der Waals surface area contributed by atoms with Crippen molar-refractivity contribution in [2.24, 2.45) is 0 Å². The van der Waals surface area contributed by atoms with Gasteiger partial charge in [-0.25, -0.2) is 9.78 Å². The first-order valence-corrected chi connectivity index (χ1v) is 7.00. The first-order valence-electron chi connectivity index (χ1n) is 7.00. The lowest BCUT2D eigenvalue weighted by atomic mass is 9.99. The van der Waals surface area contributed by atoms with E-state index in [0.29, 0.717) is 24.3 Å². The van der Waals surface area contributed by atoms with E-state index in [1.807, 2.05) is 6.92 Å². The number of aryl methyl sites for hydroxylation is 1. The zero-order valence-corrected chi connectivity index (χ0v) is 11.6. The molecule has 0 saturated carbocycles. The molecule has 2 atom stereocenters. The molecule has 2 aromatic rings. The number of ether oxygens (including phenoxy) is 1. The van der Waals surface area contributed by atoms with Crippen LogP contribution in [0.2, 0.25) is 0 Å². The maximum absolute atomic E-state index is 11.9. The number of fused-ring (bicyclic) bond motifs is 1. The maximum Gasteiger partial charge on any atom is 0.330 e. The van der Waals surface area contributed by atoms with E-state index in [0.717, 1.165) is 18.7 Å². The highest BCUT2D eigenvalue weighted by Crippen LogP contribution is 2.31. The molecule has 0 bridgehead atoms. The highest BCUT2D eigenvalue weighted by atomic mass is 16.5. The van der Waals surface area contributed by atoms with Crippen LogP contribution >= 0.6 is 0 Å². The van der Waals surface area contributed by atoms with Crippen LogP contribution in [0.1, 0.15) is 38.4 Å². The van der Waals surface area contributed by atoms with Crippen LogP contribution in [0.5, 0.6) is 0 Å². The van der Waals surface area contributed by atoms with E-state index in [2.05, 4.69) is 21.9 Å². The van der Waals surface area contributed by atoms with Gasteiger partial charge < -0.3 is 9.72 Å². The van der Waals surface area contributed by atoms with E-state index in [9.17, 15) is 9.59 Å². The number of nitrogens with zero attached hydrogens (tertiary/aromatic N) is 2. The van der Waals surface area contributed by atoms with Gasteiger partial charge in [0.25, 0.3) is 5.56 Å². The second-order valence-corrected chi connectivity index (χ2v) is 5.04. The molecule has 20 heavy (non-hydrogen) atoms. The highest BCUT2D eigenvalue weighted by molar-refractivity contribution is 5.69. The van der Waals surface area contributed by atoms with Gasteiger partial charge in [0.05, 0.1) is 6.10 Å². The summed E-state index contributed by atoms with van der Waals surface area (Å²) < 4.78 is 7.13. The fourth-order valence-electron chi connectivity index (χ4n) is 2.89. The molecule has 1 fully saturated rings. The molecule has 2 unspecified atom stereocenters. The summed E-state index contributed by atoms with van der Waals surface area (Å²) in [7, 11) is 0. The van der Waals surface area contributed by atoms with Crippen LogP contribution in [0.25, 0.3) is 11.2 Å². The highest BCUT2D eigenvalue weighted by Gasteiger charge is 2.31. The lowest BCUT2D eigenvalue weighted by molar-refractivity contribution is 0.0996. The van der Waals surface area contributed by atoms with Gasteiger partial charge in [-0.15, -0.1) is 0 Å². The minimum Gasteiger partial charge on any atom is -0.377 e. The molecule has 7 heteroatoms. The van der Waals surface area contributed by atoms with Crippen LogP contribution in [0, 0.1) is 0 Å². The molecule has 0 spiro atoms. The topological polar surface area (TPSA) is 92.8 Å². The number of nitrogens with one attached hydrogen (secondary N) is 2. The molecule has 0 aliphatic carbocycles. The van der Waals surface area contributed by atoms with Gasteiger partial charge in [-0.1, -0.05) is 6.92 Å². The summed E-state index contributed by atoms with van der Waals surface area (Å²) in [5, 5.41) is 0.